The minimum Gasteiger partial charge on any atom is -0.497 e. The number of nitriles is 1. The molecule has 2 aromatic carbocycles. The molecule has 1 aliphatic rings. The minimum atomic E-state index is -2.01. The van der Waals surface area contributed by atoms with Crippen molar-refractivity contribution in [3.05, 3.63) is 83.2 Å². The zero-order chi connectivity index (χ0) is 28.6. The lowest BCUT2D eigenvalue weighted by molar-refractivity contribution is -0.118. The fraction of sp³-hybridized carbons (Fsp3) is 0.367. The number of hydrogen-bond donors (Lipinski definition) is 0. The summed E-state index contributed by atoms with van der Waals surface area (Å²) in [6.45, 7) is 1.81. The van der Waals surface area contributed by atoms with E-state index in [2.05, 4.69) is 11.1 Å². The summed E-state index contributed by atoms with van der Waals surface area (Å²) in [5, 5.41) is 9.11. The Morgan fingerprint density at radius 3 is 2.45 bits per heavy atom. The number of pyridine rings is 1. The number of methoxy groups -OCH3 is 1. The summed E-state index contributed by atoms with van der Waals surface area (Å²) in [7, 11) is -0.455. The van der Waals surface area contributed by atoms with Gasteiger partial charge in [-0.15, -0.1) is 0 Å². The van der Waals surface area contributed by atoms with E-state index in [1.54, 1.807) is 49.3 Å². The van der Waals surface area contributed by atoms with Gasteiger partial charge in [0.15, 0.2) is 11.6 Å². The summed E-state index contributed by atoms with van der Waals surface area (Å²) >= 11 is 0. The van der Waals surface area contributed by atoms with Crippen molar-refractivity contribution >= 4 is 22.6 Å². The lowest BCUT2D eigenvalue weighted by Gasteiger charge is -2.27. The number of likely N-dealkylation sites (N-methyl/N-ethyl adjacent to an activating group) is 1. The molecule has 210 valence electrons. The molecule has 3 aromatic rings. The molecule has 10 heteroatoms. The smallest absolute Gasteiger partial charge is 0.242 e. The van der Waals surface area contributed by atoms with Crippen molar-refractivity contribution in [3.8, 4) is 11.8 Å². The lowest BCUT2D eigenvalue weighted by Crippen LogP contribution is -2.41. The topological polar surface area (TPSA) is 86.5 Å². The number of ether oxygens (including phenoxy) is 1. The summed E-state index contributed by atoms with van der Waals surface area (Å²) < 4.78 is 47.7. The van der Waals surface area contributed by atoms with E-state index < -0.39 is 28.2 Å². The van der Waals surface area contributed by atoms with Crippen molar-refractivity contribution in [2.75, 3.05) is 25.1 Å². The molecule has 0 saturated heterocycles. The SMILES string of the molecule is CCN(CC(=O)N(Cc1ccc(C2CCCCC2)cn1)c1ccc(OC)cc1)S(=O)c1cc(F)c(F)c(C#N)c1. The molecule has 0 spiro atoms. The molecular weight excluding hydrogens is 534 g/mol. The Morgan fingerprint density at radius 2 is 1.85 bits per heavy atom. The first-order chi connectivity index (χ1) is 19.3. The molecule has 7 nitrogen and oxygen atoms in total. The highest BCUT2D eigenvalue weighted by Crippen LogP contribution is 2.32. The summed E-state index contributed by atoms with van der Waals surface area (Å²) in [6.07, 6.45) is 7.94. The maximum atomic E-state index is 14.0. The van der Waals surface area contributed by atoms with Crippen LogP contribution in [0.1, 0.15) is 61.8 Å². The van der Waals surface area contributed by atoms with Crippen LogP contribution in [0, 0.1) is 23.0 Å². The number of aromatic nitrogens is 1. The second kappa shape index (κ2) is 13.6. The van der Waals surface area contributed by atoms with Gasteiger partial charge in [0, 0.05) is 18.4 Å². The third-order valence-corrected chi connectivity index (χ3v) is 8.65. The number of anilines is 1. The quantitative estimate of drug-likeness (QED) is 0.307. The Morgan fingerprint density at radius 1 is 1.12 bits per heavy atom. The Labute approximate surface area is 236 Å². The minimum absolute atomic E-state index is 0.0962. The predicted octanol–water partition coefficient (Wildman–Crippen LogP) is 5.87. The molecular formula is C30H32F2N4O3S. The van der Waals surface area contributed by atoms with Crippen molar-refractivity contribution in [1.82, 2.24) is 9.29 Å². The molecule has 1 saturated carbocycles. The maximum absolute atomic E-state index is 14.0. The van der Waals surface area contributed by atoms with Crippen molar-refractivity contribution in [3.63, 3.8) is 0 Å². The van der Waals surface area contributed by atoms with Gasteiger partial charge in [-0.05, 0) is 66.8 Å². The van der Waals surface area contributed by atoms with Crippen LogP contribution in [-0.4, -0.2) is 39.6 Å². The maximum Gasteiger partial charge on any atom is 0.242 e. The number of rotatable bonds is 10. The van der Waals surface area contributed by atoms with Crippen LogP contribution < -0.4 is 9.64 Å². The molecule has 1 aromatic heterocycles. The van der Waals surface area contributed by atoms with Gasteiger partial charge in [0.1, 0.15) is 22.8 Å². The first-order valence-corrected chi connectivity index (χ1v) is 14.4. The molecule has 0 aliphatic heterocycles. The average molecular weight is 567 g/mol. The number of halogens is 2. The fourth-order valence-corrected chi connectivity index (χ4v) is 6.06. The van der Waals surface area contributed by atoms with Crippen molar-refractivity contribution in [2.45, 2.75) is 56.4 Å². The van der Waals surface area contributed by atoms with Gasteiger partial charge in [-0.25, -0.2) is 17.3 Å². The Hall–Kier alpha value is -3.68. The summed E-state index contributed by atoms with van der Waals surface area (Å²) in [6, 6.07) is 14.4. The molecule has 40 heavy (non-hydrogen) atoms. The van der Waals surface area contributed by atoms with Crippen LogP contribution in [0.3, 0.4) is 0 Å². The second-order valence-corrected chi connectivity index (χ2v) is 11.2. The van der Waals surface area contributed by atoms with Gasteiger partial charge < -0.3 is 9.64 Å². The van der Waals surface area contributed by atoms with E-state index in [1.165, 1.54) is 29.1 Å². The van der Waals surface area contributed by atoms with Crippen LogP contribution in [0.5, 0.6) is 5.75 Å². The average Bonchev–Trinajstić information content (AvgIpc) is 3.00. The van der Waals surface area contributed by atoms with Gasteiger partial charge >= 0.3 is 0 Å². The highest BCUT2D eigenvalue weighted by atomic mass is 32.2. The number of amides is 1. The first kappa shape index (κ1) is 29.3. The number of carbonyl (C=O) groups excluding carboxylic acids is 1. The van der Waals surface area contributed by atoms with E-state index in [1.807, 2.05) is 12.3 Å². The van der Waals surface area contributed by atoms with Crippen molar-refractivity contribution < 1.29 is 22.5 Å². The first-order valence-electron chi connectivity index (χ1n) is 13.3. The highest BCUT2D eigenvalue weighted by Gasteiger charge is 2.25. The molecule has 0 N–H and O–H groups in total. The molecule has 4 rings (SSSR count). The van der Waals surface area contributed by atoms with E-state index in [-0.39, 0.29) is 30.4 Å². The number of nitrogens with zero attached hydrogens (tertiary/aromatic N) is 4. The van der Waals surface area contributed by atoms with Crippen LogP contribution in [0.2, 0.25) is 0 Å². The summed E-state index contributed by atoms with van der Waals surface area (Å²) in [4.78, 5) is 19.8. The molecule has 1 fully saturated rings. The molecule has 1 heterocycles. The standard InChI is InChI=1S/C30H32F2N4O3S/c1-3-35(40(38)27-15-23(17-33)30(32)28(31)16-27)20-29(37)36(25-11-13-26(39-2)14-12-25)19-24-10-9-22(18-34-24)21-7-5-4-6-8-21/h9-16,18,21H,3-8,19-20H2,1-2H3. The molecule has 1 atom stereocenters. The predicted molar refractivity (Wildman–Crippen MR) is 149 cm³/mol. The van der Waals surface area contributed by atoms with Gasteiger partial charge in [-0.3, -0.25) is 9.78 Å². The molecule has 0 bridgehead atoms. The summed E-state index contributed by atoms with van der Waals surface area (Å²) in [5.74, 6) is -1.78. The van der Waals surface area contributed by atoms with Crippen molar-refractivity contribution in [1.29, 1.82) is 5.26 Å². The monoisotopic (exact) mass is 566 g/mol. The fourth-order valence-electron chi connectivity index (χ4n) is 4.87. The summed E-state index contributed by atoms with van der Waals surface area (Å²) in [5.41, 5.74) is 1.97. The van der Waals surface area contributed by atoms with Gasteiger partial charge in [0.05, 0.1) is 36.4 Å². The van der Waals surface area contributed by atoms with E-state index in [4.69, 9.17) is 10.00 Å². The number of hydrogen-bond acceptors (Lipinski definition) is 5. The van der Waals surface area contributed by atoms with Crippen LogP contribution in [0.25, 0.3) is 0 Å². The van der Waals surface area contributed by atoms with Crippen LogP contribution in [0.4, 0.5) is 14.5 Å². The molecule has 1 aliphatic carbocycles. The Kier molecular flexibility index (Phi) is 9.96. The van der Waals surface area contributed by atoms with Crippen LogP contribution in [0.15, 0.2) is 59.6 Å². The van der Waals surface area contributed by atoms with E-state index in [0.717, 1.165) is 25.0 Å². The normalized spacial score (nSPS) is 14.5. The van der Waals surface area contributed by atoms with E-state index in [9.17, 15) is 17.8 Å². The number of benzene rings is 2. The zero-order valence-electron chi connectivity index (χ0n) is 22.6. The van der Waals surface area contributed by atoms with Crippen LogP contribution in [-0.2, 0) is 22.3 Å². The second-order valence-electron chi connectivity index (χ2n) is 9.68. The van der Waals surface area contributed by atoms with Crippen LogP contribution >= 0.6 is 0 Å². The molecule has 1 unspecified atom stereocenters. The number of carbonyl (C=O) groups is 1. The van der Waals surface area contributed by atoms with E-state index >= 15 is 0 Å². The third-order valence-electron chi connectivity index (χ3n) is 7.15. The van der Waals surface area contributed by atoms with Gasteiger partial charge in [-0.1, -0.05) is 32.3 Å². The molecule has 1 amide bonds. The lowest BCUT2D eigenvalue weighted by atomic mass is 9.85. The highest BCUT2D eigenvalue weighted by molar-refractivity contribution is 7.82. The molecule has 0 radical (unpaired) electrons. The van der Waals surface area contributed by atoms with Gasteiger partial charge in [0.25, 0.3) is 0 Å². The zero-order valence-corrected chi connectivity index (χ0v) is 23.4. The Balaban J connectivity index is 1.57. The van der Waals surface area contributed by atoms with Gasteiger partial charge in [0.2, 0.25) is 5.91 Å². The van der Waals surface area contributed by atoms with Crippen molar-refractivity contribution in [2.24, 2.45) is 0 Å². The largest absolute Gasteiger partial charge is 0.497 e. The van der Waals surface area contributed by atoms with Gasteiger partial charge in [-0.2, -0.15) is 5.26 Å². The third kappa shape index (κ3) is 6.90. The Bertz CT molecular complexity index is 1390. The van der Waals surface area contributed by atoms with E-state index in [0.29, 0.717) is 23.0 Å².